The molecular weight excluding hydrogens is 250 g/mol. The minimum atomic E-state index is -0.146. The van der Waals surface area contributed by atoms with Crippen LogP contribution in [0.5, 0.6) is 0 Å². The number of halogens is 1. The lowest BCUT2D eigenvalue weighted by Crippen LogP contribution is -2.47. The van der Waals surface area contributed by atoms with Crippen LogP contribution in [0.1, 0.15) is 0 Å². The molecule has 1 heterocycles. The first kappa shape index (κ1) is 12.5. The van der Waals surface area contributed by atoms with Crippen LogP contribution in [0.25, 0.3) is 0 Å². The minimum absolute atomic E-state index is 0.146. The number of rotatable bonds is 4. The minimum Gasteiger partial charge on any atom is -0.266 e. The maximum Gasteiger partial charge on any atom is 0.308 e. The average molecular weight is 263 g/mol. The van der Waals surface area contributed by atoms with E-state index in [4.69, 9.17) is 11.8 Å². The lowest BCUT2D eigenvalue weighted by molar-refractivity contribution is -0.684. The molecule has 1 amide bonds. The van der Waals surface area contributed by atoms with E-state index in [1.807, 2.05) is 60.9 Å². The van der Waals surface area contributed by atoms with Crippen LogP contribution in [0.3, 0.4) is 0 Å². The molecule has 5 heteroatoms. The normalized spacial score (nSPS) is 10.1. The summed E-state index contributed by atoms with van der Waals surface area (Å²) < 4.78 is 1.78. The Bertz CT molecular complexity index is 504. The second-order valence-corrected chi connectivity index (χ2v) is 3.87. The first-order valence-electron chi connectivity index (χ1n) is 5.49. The molecule has 0 atom stereocenters. The van der Waals surface area contributed by atoms with Crippen molar-refractivity contribution in [2.24, 2.45) is 0 Å². The summed E-state index contributed by atoms with van der Waals surface area (Å²) in [6, 6.07) is 14.8. The Kier molecular flexibility index (Phi) is 4.28. The zero-order valence-electron chi connectivity index (χ0n) is 9.66. The van der Waals surface area contributed by atoms with Crippen LogP contribution in [-0.4, -0.2) is 5.91 Å². The monoisotopic (exact) mass is 262 g/mol. The lowest BCUT2D eigenvalue weighted by atomic mass is 10.3. The van der Waals surface area contributed by atoms with Crippen molar-refractivity contribution in [1.29, 1.82) is 0 Å². The van der Waals surface area contributed by atoms with Crippen molar-refractivity contribution < 1.29 is 9.36 Å². The maximum atomic E-state index is 12.1. The lowest BCUT2D eigenvalue weighted by Gasteiger charge is -2.17. The largest absolute Gasteiger partial charge is 0.308 e. The molecule has 1 aromatic heterocycles. The molecule has 1 aromatic carbocycles. The number of benzene rings is 1. The molecule has 2 aromatic rings. The maximum absolute atomic E-state index is 12.1. The number of hydrazine groups is 1. The fourth-order valence-electron chi connectivity index (χ4n) is 1.58. The van der Waals surface area contributed by atoms with Crippen LogP contribution in [-0.2, 0) is 11.3 Å². The molecule has 0 saturated carbocycles. The van der Waals surface area contributed by atoms with Crippen LogP contribution in [0.4, 0.5) is 5.69 Å². The van der Waals surface area contributed by atoms with Gasteiger partial charge in [0.25, 0.3) is 0 Å². The van der Waals surface area contributed by atoms with Gasteiger partial charge in [0.1, 0.15) is 0 Å². The van der Waals surface area contributed by atoms with Crippen LogP contribution in [0, 0.1) is 0 Å². The highest BCUT2D eigenvalue weighted by Gasteiger charge is 2.18. The molecule has 0 aliphatic carbocycles. The summed E-state index contributed by atoms with van der Waals surface area (Å²) in [4.78, 5) is 14.5. The SMILES string of the molecule is O=C(C[n+]1ccccc1)N(NCl)c1ccccc1. The Labute approximate surface area is 111 Å². The second-order valence-electron chi connectivity index (χ2n) is 3.70. The zero-order chi connectivity index (χ0) is 12.8. The second kappa shape index (κ2) is 6.14. The van der Waals surface area contributed by atoms with E-state index in [0.29, 0.717) is 5.69 Å². The molecule has 2 rings (SSSR count). The summed E-state index contributed by atoms with van der Waals surface area (Å²) in [6.07, 6.45) is 3.66. The molecule has 0 bridgehead atoms. The van der Waals surface area contributed by atoms with E-state index < -0.39 is 0 Å². The summed E-state index contributed by atoms with van der Waals surface area (Å²) >= 11 is 5.61. The molecule has 18 heavy (non-hydrogen) atoms. The standard InChI is InChI=1S/C13H13ClN3O/c14-15-17(12-7-3-1-4-8-12)13(18)11-16-9-5-2-6-10-16/h1-10,15H,11H2/q+1. The molecule has 92 valence electrons. The Morgan fingerprint density at radius 3 is 2.33 bits per heavy atom. The molecule has 1 N–H and O–H groups in total. The van der Waals surface area contributed by atoms with E-state index in [-0.39, 0.29) is 12.5 Å². The Hall–Kier alpha value is -1.91. The van der Waals surface area contributed by atoms with Gasteiger partial charge < -0.3 is 0 Å². The number of amides is 1. The quantitative estimate of drug-likeness (QED) is 0.517. The number of anilines is 1. The molecule has 0 spiro atoms. The van der Waals surface area contributed by atoms with E-state index in [2.05, 4.69) is 4.94 Å². The van der Waals surface area contributed by atoms with Gasteiger partial charge in [0, 0.05) is 12.1 Å². The summed E-state index contributed by atoms with van der Waals surface area (Å²) in [5, 5.41) is 1.31. The zero-order valence-corrected chi connectivity index (χ0v) is 10.4. The fraction of sp³-hybridized carbons (Fsp3) is 0.0769. The third-order valence-electron chi connectivity index (χ3n) is 2.44. The van der Waals surface area contributed by atoms with Gasteiger partial charge in [-0.1, -0.05) is 24.3 Å². The summed E-state index contributed by atoms with van der Waals surface area (Å²) in [7, 11) is 0. The molecule has 0 aliphatic heterocycles. The molecule has 0 fully saturated rings. The number of pyridine rings is 1. The van der Waals surface area contributed by atoms with Gasteiger partial charge in [-0.25, -0.2) is 5.01 Å². The van der Waals surface area contributed by atoms with Crippen molar-refractivity contribution in [3.63, 3.8) is 0 Å². The average Bonchev–Trinajstić information content (AvgIpc) is 2.42. The van der Waals surface area contributed by atoms with E-state index in [1.165, 1.54) is 5.01 Å². The van der Waals surface area contributed by atoms with Crippen LogP contribution in [0.15, 0.2) is 60.9 Å². The number of para-hydroxylation sites is 1. The Balaban J connectivity index is 2.12. The Morgan fingerprint density at radius 1 is 1.11 bits per heavy atom. The third kappa shape index (κ3) is 3.06. The highest BCUT2D eigenvalue weighted by molar-refractivity contribution is 6.16. The number of hydrogen-bond acceptors (Lipinski definition) is 2. The first-order valence-corrected chi connectivity index (χ1v) is 5.87. The molecule has 4 nitrogen and oxygen atoms in total. The molecular formula is C13H13ClN3O+. The van der Waals surface area contributed by atoms with Gasteiger partial charge in [0.15, 0.2) is 12.4 Å². The van der Waals surface area contributed by atoms with Crippen LogP contribution in [0.2, 0.25) is 0 Å². The van der Waals surface area contributed by atoms with Crippen LogP contribution >= 0.6 is 11.8 Å². The van der Waals surface area contributed by atoms with Crippen molar-refractivity contribution in [3.8, 4) is 0 Å². The van der Waals surface area contributed by atoms with E-state index >= 15 is 0 Å². The van der Waals surface area contributed by atoms with Gasteiger partial charge in [-0.2, -0.15) is 4.57 Å². The van der Waals surface area contributed by atoms with Gasteiger partial charge in [0.05, 0.1) is 5.69 Å². The third-order valence-corrected chi connectivity index (χ3v) is 2.61. The number of carbonyl (C=O) groups excluding carboxylic acids is 1. The number of nitrogens with zero attached hydrogens (tertiary/aromatic N) is 2. The smallest absolute Gasteiger partial charge is 0.266 e. The highest BCUT2D eigenvalue weighted by atomic mass is 35.5. The predicted molar refractivity (Wildman–Crippen MR) is 69.6 cm³/mol. The topological polar surface area (TPSA) is 36.2 Å². The van der Waals surface area contributed by atoms with Crippen molar-refractivity contribution in [2.45, 2.75) is 6.54 Å². The van der Waals surface area contributed by atoms with E-state index in [1.54, 1.807) is 4.57 Å². The van der Waals surface area contributed by atoms with Gasteiger partial charge in [-0.05, 0) is 23.9 Å². The summed E-state index contributed by atoms with van der Waals surface area (Å²) in [6.45, 7) is 0.218. The van der Waals surface area contributed by atoms with Gasteiger partial charge in [0.2, 0.25) is 6.54 Å². The van der Waals surface area contributed by atoms with Crippen LogP contribution < -0.4 is 14.5 Å². The van der Waals surface area contributed by atoms with Crippen molar-refractivity contribution >= 4 is 23.4 Å². The highest BCUT2D eigenvalue weighted by Crippen LogP contribution is 2.11. The number of aromatic nitrogens is 1. The molecule has 0 radical (unpaired) electrons. The number of nitrogens with one attached hydrogen (secondary N) is 1. The van der Waals surface area contributed by atoms with Gasteiger partial charge in [-0.15, -0.1) is 4.94 Å². The summed E-state index contributed by atoms with van der Waals surface area (Å²) in [5.41, 5.74) is 0.703. The first-order chi connectivity index (χ1) is 8.81. The van der Waals surface area contributed by atoms with Crippen molar-refractivity contribution in [1.82, 2.24) is 4.94 Å². The molecule has 0 unspecified atom stereocenters. The van der Waals surface area contributed by atoms with Crippen molar-refractivity contribution in [3.05, 3.63) is 60.9 Å². The van der Waals surface area contributed by atoms with E-state index in [9.17, 15) is 4.79 Å². The Morgan fingerprint density at radius 2 is 1.72 bits per heavy atom. The van der Waals surface area contributed by atoms with Gasteiger partial charge >= 0.3 is 5.91 Å². The fourth-order valence-corrected chi connectivity index (χ4v) is 1.78. The molecule has 0 aliphatic rings. The molecule has 0 saturated heterocycles. The number of hydrogen-bond donors (Lipinski definition) is 1. The number of carbonyl (C=O) groups is 1. The predicted octanol–water partition coefficient (Wildman–Crippen LogP) is 1.67. The van der Waals surface area contributed by atoms with Crippen molar-refractivity contribution in [2.75, 3.05) is 5.01 Å². The summed E-state index contributed by atoms with van der Waals surface area (Å²) in [5.74, 6) is -0.146. The van der Waals surface area contributed by atoms with Gasteiger partial charge in [-0.3, -0.25) is 4.79 Å². The van der Waals surface area contributed by atoms with E-state index in [0.717, 1.165) is 0 Å².